The van der Waals surface area contributed by atoms with Gasteiger partial charge in [-0.05, 0) is 17.0 Å². The molecule has 1 aliphatic heterocycles. The predicted molar refractivity (Wildman–Crippen MR) is 85.3 cm³/mol. The number of benzene rings is 1. The topological polar surface area (TPSA) is 36.3 Å². The highest BCUT2D eigenvalue weighted by Gasteiger charge is 2.55. The summed E-state index contributed by atoms with van der Waals surface area (Å²) in [5, 5.41) is 9.75. The number of epoxide rings is 1. The molecule has 3 atom stereocenters. The molecule has 20 heavy (non-hydrogen) atoms. The molecule has 0 aliphatic carbocycles. The van der Waals surface area contributed by atoms with Crippen LogP contribution in [0.3, 0.4) is 0 Å². The quantitative estimate of drug-likeness (QED) is 0.604. The molecular weight excluding hydrogens is 262 g/mol. The molecule has 2 rings (SSSR count). The van der Waals surface area contributed by atoms with Gasteiger partial charge in [-0.25, -0.2) is 0 Å². The van der Waals surface area contributed by atoms with Crippen LogP contribution >= 0.6 is 0 Å². The summed E-state index contributed by atoms with van der Waals surface area (Å²) in [7, 11) is -1.45. The fraction of sp³-hybridized carbons (Fsp3) is 0.588. The largest absolute Gasteiger partial charge is 0.373 e. The number of nitriles is 1. The van der Waals surface area contributed by atoms with E-state index in [0.29, 0.717) is 10.8 Å². The van der Waals surface area contributed by atoms with Crippen LogP contribution in [0.5, 0.6) is 0 Å². The first-order chi connectivity index (χ1) is 9.27. The maximum absolute atomic E-state index is 9.41. The summed E-state index contributed by atoms with van der Waals surface area (Å²) in [5.41, 5.74) is 1.52. The van der Waals surface area contributed by atoms with E-state index in [2.05, 4.69) is 39.9 Å². The van der Waals surface area contributed by atoms with E-state index in [1.165, 1.54) is 0 Å². The molecule has 0 bridgehead atoms. The number of hydrogen-bond donors (Lipinski definition) is 0. The smallest absolute Gasteiger partial charge is 0.0902 e. The molecule has 108 valence electrons. The Morgan fingerprint density at radius 2 is 1.85 bits per heavy atom. The minimum atomic E-state index is -1.45. The lowest BCUT2D eigenvalue weighted by atomic mass is 9.96. The Bertz CT molecular complexity index is 498. The molecule has 0 N–H and O–H groups in total. The summed E-state index contributed by atoms with van der Waals surface area (Å²) in [5.74, 6) is -0.0454. The summed E-state index contributed by atoms with van der Waals surface area (Å²) in [4.78, 5) is 0. The molecule has 1 fully saturated rings. The number of hydrogen-bond acceptors (Lipinski definition) is 2. The zero-order valence-corrected chi connectivity index (χ0v) is 14.2. The average Bonchev–Trinajstić information content (AvgIpc) is 3.15. The zero-order valence-electron chi connectivity index (χ0n) is 13.2. The van der Waals surface area contributed by atoms with Gasteiger partial charge < -0.3 is 4.74 Å². The van der Waals surface area contributed by atoms with Crippen molar-refractivity contribution in [1.29, 1.82) is 5.26 Å². The third-order valence-corrected chi connectivity index (χ3v) is 10.8. The van der Waals surface area contributed by atoms with Crippen LogP contribution in [0.4, 0.5) is 0 Å². The first-order valence-electron chi connectivity index (χ1n) is 7.37. The number of rotatable bonds is 4. The van der Waals surface area contributed by atoms with Crippen LogP contribution in [0.15, 0.2) is 30.3 Å². The van der Waals surface area contributed by atoms with E-state index < -0.39 is 8.07 Å². The lowest BCUT2D eigenvalue weighted by Crippen LogP contribution is -2.44. The molecule has 2 nitrogen and oxygen atoms in total. The Morgan fingerprint density at radius 3 is 2.35 bits per heavy atom. The third-order valence-electron chi connectivity index (χ3n) is 5.05. The zero-order chi connectivity index (χ0) is 15.0. The van der Waals surface area contributed by atoms with E-state index in [1.54, 1.807) is 0 Å². The van der Waals surface area contributed by atoms with Crippen LogP contribution in [0, 0.1) is 11.3 Å². The van der Waals surface area contributed by atoms with Gasteiger partial charge in [0.15, 0.2) is 0 Å². The fourth-order valence-corrected chi connectivity index (χ4v) is 5.00. The molecule has 0 saturated carbocycles. The summed E-state index contributed by atoms with van der Waals surface area (Å²) < 4.78 is 5.97. The van der Waals surface area contributed by atoms with Crippen molar-refractivity contribution in [3.05, 3.63) is 35.9 Å². The van der Waals surface area contributed by atoms with Gasteiger partial charge in [0.05, 0.1) is 31.9 Å². The second-order valence-electron chi connectivity index (χ2n) is 7.39. The average molecular weight is 287 g/mol. The van der Waals surface area contributed by atoms with Crippen molar-refractivity contribution in [1.82, 2.24) is 0 Å². The standard InChI is InChI=1S/C17H25NOSi/c1-17(2,3)20(4,5)16-15(19-16)11-14(12-18)13-9-7-6-8-10-13/h6-10,14-16H,11H2,1-5H3/t14?,15-,16-/m0/s1. The number of ether oxygens (including phenoxy) is 1. The second-order valence-corrected chi connectivity index (χ2v) is 12.9. The van der Waals surface area contributed by atoms with Crippen molar-refractivity contribution < 1.29 is 4.74 Å². The van der Waals surface area contributed by atoms with Gasteiger partial charge in [0, 0.05) is 0 Å². The minimum Gasteiger partial charge on any atom is -0.373 e. The van der Waals surface area contributed by atoms with E-state index in [0.717, 1.165) is 12.0 Å². The highest BCUT2D eigenvalue weighted by molar-refractivity contribution is 6.82. The van der Waals surface area contributed by atoms with Crippen molar-refractivity contribution in [3.63, 3.8) is 0 Å². The summed E-state index contributed by atoms with van der Waals surface area (Å²) >= 11 is 0. The predicted octanol–water partition coefficient (Wildman–Crippen LogP) is 4.50. The lowest BCUT2D eigenvalue weighted by molar-refractivity contribution is 0.377. The molecule has 1 unspecified atom stereocenters. The van der Waals surface area contributed by atoms with Crippen LogP contribution < -0.4 is 0 Å². The van der Waals surface area contributed by atoms with Crippen LogP contribution in [0.1, 0.15) is 38.7 Å². The van der Waals surface area contributed by atoms with Gasteiger partial charge in [-0.2, -0.15) is 5.26 Å². The van der Waals surface area contributed by atoms with E-state index in [1.807, 2.05) is 30.3 Å². The van der Waals surface area contributed by atoms with Gasteiger partial charge >= 0.3 is 0 Å². The Balaban J connectivity index is 2.02. The van der Waals surface area contributed by atoms with Crippen molar-refractivity contribution in [2.75, 3.05) is 0 Å². The van der Waals surface area contributed by atoms with E-state index in [-0.39, 0.29) is 12.0 Å². The van der Waals surface area contributed by atoms with Crippen molar-refractivity contribution >= 4 is 8.07 Å². The molecule has 0 amide bonds. The molecular formula is C17H25NOSi. The van der Waals surface area contributed by atoms with Crippen LogP contribution in [-0.2, 0) is 4.74 Å². The Morgan fingerprint density at radius 1 is 1.25 bits per heavy atom. The van der Waals surface area contributed by atoms with Gasteiger partial charge in [0.25, 0.3) is 0 Å². The first kappa shape index (κ1) is 15.3. The summed E-state index contributed by atoms with van der Waals surface area (Å²) in [6.45, 7) is 11.8. The molecule has 1 heterocycles. The highest BCUT2D eigenvalue weighted by atomic mass is 28.3. The lowest BCUT2D eigenvalue weighted by Gasteiger charge is -2.35. The van der Waals surface area contributed by atoms with Gasteiger partial charge in [0.1, 0.15) is 0 Å². The fourth-order valence-electron chi connectivity index (χ4n) is 2.56. The molecule has 1 aromatic rings. The van der Waals surface area contributed by atoms with E-state index in [4.69, 9.17) is 4.74 Å². The third kappa shape index (κ3) is 2.97. The monoisotopic (exact) mass is 287 g/mol. The molecule has 1 aromatic carbocycles. The Hall–Kier alpha value is -1.11. The molecule has 1 saturated heterocycles. The van der Waals surface area contributed by atoms with Crippen LogP contribution in [0.2, 0.25) is 18.1 Å². The molecule has 1 aliphatic rings. The molecule has 3 heteroatoms. The van der Waals surface area contributed by atoms with E-state index >= 15 is 0 Å². The van der Waals surface area contributed by atoms with Gasteiger partial charge in [-0.1, -0.05) is 64.2 Å². The summed E-state index contributed by atoms with van der Waals surface area (Å²) in [6, 6.07) is 12.5. The van der Waals surface area contributed by atoms with Crippen molar-refractivity contribution in [2.45, 2.75) is 63.1 Å². The van der Waals surface area contributed by atoms with Crippen molar-refractivity contribution in [3.8, 4) is 6.07 Å². The van der Waals surface area contributed by atoms with Crippen LogP contribution in [0.25, 0.3) is 0 Å². The number of nitrogens with zero attached hydrogens (tertiary/aromatic N) is 1. The van der Waals surface area contributed by atoms with E-state index in [9.17, 15) is 5.26 Å². The van der Waals surface area contributed by atoms with Crippen LogP contribution in [-0.4, -0.2) is 19.9 Å². The van der Waals surface area contributed by atoms with Gasteiger partial charge in [-0.3, -0.25) is 0 Å². The second kappa shape index (κ2) is 5.35. The maximum Gasteiger partial charge on any atom is 0.0902 e. The highest BCUT2D eigenvalue weighted by Crippen LogP contribution is 2.48. The first-order valence-corrected chi connectivity index (χ1v) is 10.4. The SMILES string of the molecule is CC(C)(C)[Si](C)(C)[C@@H]1O[C@H]1CC(C#N)c1ccccc1. The Labute approximate surface area is 123 Å². The minimum absolute atomic E-state index is 0.0454. The van der Waals surface area contributed by atoms with Gasteiger partial charge in [0.2, 0.25) is 0 Å². The van der Waals surface area contributed by atoms with Crippen molar-refractivity contribution in [2.24, 2.45) is 0 Å². The molecule has 0 radical (unpaired) electrons. The molecule has 0 aromatic heterocycles. The normalized spacial score (nSPS) is 24.0. The Kier molecular flexibility index (Phi) is 4.08. The summed E-state index contributed by atoms with van der Waals surface area (Å²) in [6.07, 6.45) is 1.11. The maximum atomic E-state index is 9.41. The van der Waals surface area contributed by atoms with Gasteiger partial charge in [-0.15, -0.1) is 0 Å². The molecule has 0 spiro atoms.